The van der Waals surface area contributed by atoms with Gasteiger partial charge in [-0.25, -0.2) is 13.6 Å². The molecule has 0 bridgehead atoms. The zero-order valence-electron chi connectivity index (χ0n) is 14.9. The van der Waals surface area contributed by atoms with Crippen molar-refractivity contribution in [3.63, 3.8) is 0 Å². The zero-order valence-corrected chi connectivity index (χ0v) is 15.7. The maximum absolute atomic E-state index is 14.9. The molecule has 0 saturated carbocycles. The normalized spacial score (nSPS) is 19.8. The summed E-state index contributed by atoms with van der Waals surface area (Å²) in [6, 6.07) is 1.22. The molecule has 1 saturated heterocycles. The second-order valence-electron chi connectivity index (χ2n) is 6.17. The van der Waals surface area contributed by atoms with Crippen molar-refractivity contribution in [2.75, 3.05) is 25.1 Å². The van der Waals surface area contributed by atoms with Gasteiger partial charge in [0, 0.05) is 18.7 Å². The summed E-state index contributed by atoms with van der Waals surface area (Å²) in [6.45, 7) is 4.29. The van der Waals surface area contributed by atoms with E-state index in [1.807, 2.05) is 13.8 Å². The Hall–Kier alpha value is -2.46. The average molecular weight is 397 g/mol. The van der Waals surface area contributed by atoms with Gasteiger partial charge in [0.05, 0.1) is 30.6 Å². The minimum Gasteiger partial charge on any atom is -0.464 e. The third-order valence-corrected chi connectivity index (χ3v) is 5.03. The second kappa shape index (κ2) is 7.65. The maximum atomic E-state index is 14.9. The fourth-order valence-electron chi connectivity index (χ4n) is 3.07. The van der Waals surface area contributed by atoms with Crippen molar-refractivity contribution in [1.82, 2.24) is 10.2 Å². The number of aromatic nitrogens is 2. The van der Waals surface area contributed by atoms with E-state index < -0.39 is 17.6 Å². The Morgan fingerprint density at radius 3 is 2.56 bits per heavy atom. The van der Waals surface area contributed by atoms with Gasteiger partial charge in [0.2, 0.25) is 5.01 Å². The van der Waals surface area contributed by atoms with Crippen LogP contribution in [0.3, 0.4) is 0 Å². The van der Waals surface area contributed by atoms with Gasteiger partial charge in [-0.1, -0.05) is 11.3 Å². The predicted molar refractivity (Wildman–Crippen MR) is 94.2 cm³/mol. The number of aldehydes is 1. The van der Waals surface area contributed by atoms with Crippen LogP contribution in [0.15, 0.2) is 6.07 Å². The number of benzene rings is 1. The first kappa shape index (κ1) is 19.3. The fraction of sp³-hybridized carbons (Fsp3) is 0.412. The van der Waals surface area contributed by atoms with E-state index in [-0.39, 0.29) is 39.0 Å². The van der Waals surface area contributed by atoms with Crippen LogP contribution in [0.4, 0.5) is 14.5 Å². The number of methoxy groups -OCH3 is 1. The first-order valence-electron chi connectivity index (χ1n) is 8.15. The number of ether oxygens (including phenoxy) is 2. The van der Waals surface area contributed by atoms with Crippen molar-refractivity contribution in [2.45, 2.75) is 26.1 Å². The minimum atomic E-state index is -1.16. The molecule has 7 nitrogen and oxygen atoms in total. The molecule has 27 heavy (non-hydrogen) atoms. The molecule has 2 unspecified atom stereocenters. The maximum Gasteiger partial charge on any atom is 0.369 e. The average Bonchev–Trinajstić information content (AvgIpc) is 3.12. The highest BCUT2D eigenvalue weighted by Gasteiger charge is 2.30. The van der Waals surface area contributed by atoms with Gasteiger partial charge in [-0.15, -0.1) is 10.2 Å². The SMILES string of the molecule is COC(=O)c1nnc(-c2cc(C=O)c(N3CC(C)OC(C)C3)c(F)c2F)s1. The van der Waals surface area contributed by atoms with Crippen molar-refractivity contribution in [3.05, 3.63) is 28.3 Å². The van der Waals surface area contributed by atoms with Crippen LogP contribution in [0.1, 0.15) is 34.0 Å². The molecule has 2 aromatic rings. The van der Waals surface area contributed by atoms with Crippen LogP contribution in [0.2, 0.25) is 0 Å². The Morgan fingerprint density at radius 2 is 1.96 bits per heavy atom. The number of hydrogen-bond acceptors (Lipinski definition) is 8. The number of esters is 1. The lowest BCUT2D eigenvalue weighted by molar-refractivity contribution is -0.00547. The molecular weight excluding hydrogens is 380 g/mol. The predicted octanol–water partition coefficient (Wildman–Crippen LogP) is 2.70. The molecule has 1 aromatic heterocycles. The smallest absolute Gasteiger partial charge is 0.369 e. The third kappa shape index (κ3) is 3.67. The van der Waals surface area contributed by atoms with Crippen LogP contribution in [-0.2, 0) is 9.47 Å². The van der Waals surface area contributed by atoms with Crippen LogP contribution in [0.5, 0.6) is 0 Å². The highest BCUT2D eigenvalue weighted by Crippen LogP contribution is 2.35. The standard InChI is InChI=1S/C17H17F2N3O4S/c1-8-5-22(6-9(2)26-8)14-10(7-23)4-11(12(18)13(14)19)15-20-21-16(27-15)17(24)25-3/h4,7-9H,5-6H2,1-3H3. The molecule has 10 heteroatoms. The molecule has 1 aliphatic rings. The van der Waals surface area contributed by atoms with Crippen molar-refractivity contribution >= 4 is 29.3 Å². The van der Waals surface area contributed by atoms with Crippen LogP contribution in [-0.4, -0.2) is 54.9 Å². The number of nitrogens with zero attached hydrogens (tertiary/aromatic N) is 3. The zero-order chi connectivity index (χ0) is 19.7. The number of anilines is 1. The summed E-state index contributed by atoms with van der Waals surface area (Å²) in [5.74, 6) is -3.04. The number of carbonyl (C=O) groups excluding carboxylic acids is 2. The van der Waals surface area contributed by atoms with Crippen LogP contribution >= 0.6 is 11.3 Å². The van der Waals surface area contributed by atoms with E-state index in [2.05, 4.69) is 14.9 Å². The van der Waals surface area contributed by atoms with E-state index in [0.717, 1.165) is 11.3 Å². The summed E-state index contributed by atoms with van der Waals surface area (Å²) in [7, 11) is 1.17. The number of hydrogen-bond donors (Lipinski definition) is 0. The second-order valence-corrected chi connectivity index (χ2v) is 7.15. The van der Waals surface area contributed by atoms with E-state index in [9.17, 15) is 18.4 Å². The van der Waals surface area contributed by atoms with E-state index >= 15 is 0 Å². The van der Waals surface area contributed by atoms with Gasteiger partial charge < -0.3 is 14.4 Å². The molecule has 0 spiro atoms. The van der Waals surface area contributed by atoms with Gasteiger partial charge in [0.1, 0.15) is 0 Å². The molecule has 2 atom stereocenters. The van der Waals surface area contributed by atoms with Crippen molar-refractivity contribution in [1.29, 1.82) is 0 Å². The molecule has 0 aliphatic carbocycles. The highest BCUT2D eigenvalue weighted by molar-refractivity contribution is 7.16. The summed E-state index contributed by atoms with van der Waals surface area (Å²) in [4.78, 5) is 24.7. The topological polar surface area (TPSA) is 81.6 Å². The Kier molecular flexibility index (Phi) is 5.47. The van der Waals surface area contributed by atoms with E-state index in [1.54, 1.807) is 4.90 Å². The summed E-state index contributed by atoms with van der Waals surface area (Å²) in [5, 5.41) is 7.20. The molecule has 0 amide bonds. The molecule has 144 valence electrons. The molecule has 0 N–H and O–H groups in total. The molecule has 0 radical (unpaired) electrons. The van der Waals surface area contributed by atoms with Gasteiger partial charge >= 0.3 is 5.97 Å². The van der Waals surface area contributed by atoms with E-state index in [0.29, 0.717) is 19.4 Å². The van der Waals surface area contributed by atoms with Crippen molar-refractivity contribution in [3.8, 4) is 10.6 Å². The highest BCUT2D eigenvalue weighted by atomic mass is 32.1. The molecule has 1 aliphatic heterocycles. The number of carbonyl (C=O) groups is 2. The lowest BCUT2D eigenvalue weighted by Gasteiger charge is -2.37. The first-order chi connectivity index (χ1) is 12.8. The number of morpholine rings is 1. The molecular formula is C17H17F2N3O4S. The van der Waals surface area contributed by atoms with Gasteiger partial charge in [-0.3, -0.25) is 4.79 Å². The number of halogens is 2. The largest absolute Gasteiger partial charge is 0.464 e. The van der Waals surface area contributed by atoms with Crippen LogP contribution in [0.25, 0.3) is 10.6 Å². The van der Waals surface area contributed by atoms with Gasteiger partial charge in [0.15, 0.2) is 22.9 Å². The lowest BCUT2D eigenvalue weighted by Crippen LogP contribution is -2.46. The fourth-order valence-corrected chi connectivity index (χ4v) is 3.84. The minimum absolute atomic E-state index is 0.0139. The van der Waals surface area contributed by atoms with E-state index in [4.69, 9.17) is 4.74 Å². The number of rotatable bonds is 4. The molecule has 1 fully saturated rings. The molecule has 2 heterocycles. The Bertz CT molecular complexity index is 879. The summed E-state index contributed by atoms with van der Waals surface area (Å²) >= 11 is 0.750. The van der Waals surface area contributed by atoms with Gasteiger partial charge in [0.25, 0.3) is 0 Å². The summed E-state index contributed by atoms with van der Waals surface area (Å²) < 4.78 is 39.8. The summed E-state index contributed by atoms with van der Waals surface area (Å²) in [5.41, 5.74) is -0.355. The van der Waals surface area contributed by atoms with E-state index in [1.165, 1.54) is 13.2 Å². The third-order valence-electron chi connectivity index (χ3n) is 4.09. The van der Waals surface area contributed by atoms with Crippen LogP contribution in [0, 0.1) is 11.6 Å². The van der Waals surface area contributed by atoms with Gasteiger partial charge in [-0.05, 0) is 19.9 Å². The Balaban J connectivity index is 2.07. The van der Waals surface area contributed by atoms with Crippen molar-refractivity contribution < 1.29 is 27.8 Å². The first-order valence-corrected chi connectivity index (χ1v) is 8.97. The Labute approximate surface area is 157 Å². The monoisotopic (exact) mass is 397 g/mol. The summed E-state index contributed by atoms with van der Waals surface area (Å²) in [6.07, 6.45) is 0.0799. The van der Waals surface area contributed by atoms with Crippen LogP contribution < -0.4 is 4.90 Å². The quantitative estimate of drug-likeness (QED) is 0.580. The lowest BCUT2D eigenvalue weighted by atomic mass is 10.1. The molecule has 3 rings (SSSR count). The Morgan fingerprint density at radius 1 is 1.30 bits per heavy atom. The van der Waals surface area contributed by atoms with Gasteiger partial charge in [-0.2, -0.15) is 0 Å². The van der Waals surface area contributed by atoms with Crippen molar-refractivity contribution in [2.24, 2.45) is 0 Å². The molecule has 1 aromatic carbocycles.